The van der Waals surface area contributed by atoms with Gasteiger partial charge in [-0.2, -0.15) is 0 Å². The van der Waals surface area contributed by atoms with Crippen molar-refractivity contribution in [2.24, 2.45) is 0 Å². The minimum Gasteiger partial charge on any atom is -0.481 e. The zero-order valence-corrected chi connectivity index (χ0v) is 15.7. The highest BCUT2D eigenvalue weighted by molar-refractivity contribution is 5.66. The maximum absolute atomic E-state index is 10.5. The first-order chi connectivity index (χ1) is 12.4. The van der Waals surface area contributed by atoms with Crippen LogP contribution < -0.4 is 0 Å². The van der Waals surface area contributed by atoms with Gasteiger partial charge in [-0.25, -0.2) is 0 Å². The van der Waals surface area contributed by atoms with Gasteiger partial charge in [-0.1, -0.05) is 44.1 Å². The van der Waals surface area contributed by atoms with E-state index in [0.717, 1.165) is 12.8 Å². The molecule has 1 fully saturated rings. The Bertz CT molecular complexity index is 448. The molecule has 6 heteroatoms. The number of ether oxygens (including phenoxy) is 1. The van der Waals surface area contributed by atoms with Crippen LogP contribution in [0.1, 0.15) is 64.7 Å². The molecule has 0 aromatic carbocycles. The summed E-state index contributed by atoms with van der Waals surface area (Å²) in [5.74, 6) is -0.890. The summed E-state index contributed by atoms with van der Waals surface area (Å²) < 4.78 is 5.65. The van der Waals surface area contributed by atoms with E-state index in [1.165, 1.54) is 12.8 Å². The molecule has 4 N–H and O–H groups in total. The van der Waals surface area contributed by atoms with Gasteiger partial charge in [0.05, 0.1) is 24.4 Å². The lowest BCUT2D eigenvalue weighted by molar-refractivity contribution is -0.137. The van der Waals surface area contributed by atoms with Crippen molar-refractivity contribution < 1.29 is 30.0 Å². The summed E-state index contributed by atoms with van der Waals surface area (Å²) in [6, 6.07) is 0. The lowest BCUT2D eigenvalue weighted by Gasteiger charge is -2.17. The van der Waals surface area contributed by atoms with Gasteiger partial charge in [-0.05, 0) is 32.1 Å². The quantitative estimate of drug-likeness (QED) is 0.293. The van der Waals surface area contributed by atoms with Crippen molar-refractivity contribution >= 4 is 5.97 Å². The van der Waals surface area contributed by atoms with Gasteiger partial charge < -0.3 is 25.2 Å². The summed E-state index contributed by atoms with van der Waals surface area (Å²) in [6.07, 6.45) is 10.2. The van der Waals surface area contributed by atoms with Crippen molar-refractivity contribution in [2.75, 3.05) is 0 Å². The van der Waals surface area contributed by atoms with E-state index in [-0.39, 0.29) is 6.42 Å². The molecule has 6 nitrogen and oxygen atoms in total. The predicted octanol–water partition coefficient (Wildman–Crippen LogP) is 2.56. The molecular formula is C20H34O6. The van der Waals surface area contributed by atoms with E-state index >= 15 is 0 Å². The van der Waals surface area contributed by atoms with Crippen LogP contribution in [0.5, 0.6) is 0 Å². The van der Waals surface area contributed by atoms with E-state index < -0.39 is 36.5 Å². The van der Waals surface area contributed by atoms with Crippen LogP contribution in [-0.2, 0) is 9.53 Å². The minimum absolute atomic E-state index is 0.00776. The number of aliphatic hydroxyl groups is 3. The molecule has 0 saturated carbocycles. The molecule has 0 unspecified atom stereocenters. The number of rotatable bonds is 13. The van der Waals surface area contributed by atoms with Gasteiger partial charge in [0, 0.05) is 12.8 Å². The van der Waals surface area contributed by atoms with Crippen LogP contribution in [0, 0.1) is 0 Å². The Kier molecular flexibility index (Phi) is 11.4. The molecule has 0 amide bonds. The minimum atomic E-state index is -0.890. The third kappa shape index (κ3) is 9.48. The number of aliphatic carboxylic acids is 1. The molecule has 26 heavy (non-hydrogen) atoms. The number of carbonyl (C=O) groups is 1. The normalized spacial score (nSPS) is 25.9. The Balaban J connectivity index is 2.31. The summed E-state index contributed by atoms with van der Waals surface area (Å²) in [7, 11) is 0. The molecule has 1 aliphatic rings. The van der Waals surface area contributed by atoms with E-state index in [0.29, 0.717) is 25.7 Å². The number of allylic oxidation sites excluding steroid dienone is 1. The molecule has 150 valence electrons. The summed E-state index contributed by atoms with van der Waals surface area (Å²) in [5, 5.41) is 38.7. The smallest absolute Gasteiger partial charge is 0.303 e. The van der Waals surface area contributed by atoms with Crippen LogP contribution in [0.3, 0.4) is 0 Å². The molecule has 0 aromatic rings. The molecule has 0 bridgehead atoms. The molecule has 0 spiro atoms. The number of hydrogen-bond acceptors (Lipinski definition) is 5. The van der Waals surface area contributed by atoms with E-state index in [4.69, 9.17) is 9.84 Å². The second-order valence-corrected chi connectivity index (χ2v) is 6.95. The monoisotopic (exact) mass is 370 g/mol. The van der Waals surface area contributed by atoms with Crippen molar-refractivity contribution in [3.63, 3.8) is 0 Å². The van der Waals surface area contributed by atoms with Crippen LogP contribution >= 0.6 is 0 Å². The third-order valence-corrected chi connectivity index (χ3v) is 4.55. The maximum atomic E-state index is 10.5. The lowest BCUT2D eigenvalue weighted by Crippen LogP contribution is -2.26. The number of aliphatic hydroxyl groups excluding tert-OH is 3. The topological polar surface area (TPSA) is 107 Å². The lowest BCUT2D eigenvalue weighted by atomic mass is 10.0. The molecule has 0 aromatic heterocycles. The van der Waals surface area contributed by atoms with E-state index in [1.807, 2.05) is 6.08 Å². The number of unbranched alkanes of at least 4 members (excludes halogenated alkanes) is 3. The fraction of sp³-hybridized carbons (Fsp3) is 0.750. The fourth-order valence-electron chi connectivity index (χ4n) is 2.97. The van der Waals surface area contributed by atoms with Crippen molar-refractivity contribution in [3.05, 3.63) is 24.3 Å². The third-order valence-electron chi connectivity index (χ3n) is 4.55. The second-order valence-electron chi connectivity index (χ2n) is 6.95. The first-order valence-electron chi connectivity index (χ1n) is 9.68. The Labute approximate surface area is 156 Å². The molecule has 5 atom stereocenters. The van der Waals surface area contributed by atoms with Crippen LogP contribution in [0.2, 0.25) is 0 Å². The summed E-state index contributed by atoms with van der Waals surface area (Å²) in [6.45, 7) is 2.16. The molecule has 1 aliphatic heterocycles. The van der Waals surface area contributed by atoms with Crippen molar-refractivity contribution in [1.82, 2.24) is 0 Å². The fourth-order valence-corrected chi connectivity index (χ4v) is 2.97. The van der Waals surface area contributed by atoms with E-state index in [9.17, 15) is 20.1 Å². The van der Waals surface area contributed by atoms with E-state index in [2.05, 4.69) is 13.0 Å². The van der Waals surface area contributed by atoms with E-state index in [1.54, 1.807) is 12.2 Å². The largest absolute Gasteiger partial charge is 0.481 e. The molecule has 0 radical (unpaired) electrons. The zero-order valence-electron chi connectivity index (χ0n) is 15.7. The predicted molar refractivity (Wildman–Crippen MR) is 99.8 cm³/mol. The van der Waals surface area contributed by atoms with Crippen molar-refractivity contribution in [2.45, 2.75) is 95.2 Å². The Morgan fingerprint density at radius 1 is 1.23 bits per heavy atom. The zero-order chi connectivity index (χ0) is 19.4. The van der Waals surface area contributed by atoms with Gasteiger partial charge in [0.25, 0.3) is 0 Å². The highest BCUT2D eigenvalue weighted by atomic mass is 16.5. The maximum Gasteiger partial charge on any atom is 0.303 e. The van der Waals surface area contributed by atoms with Crippen LogP contribution in [0.4, 0.5) is 0 Å². The second kappa shape index (κ2) is 13.0. The molecule has 1 rings (SSSR count). The molecule has 1 saturated heterocycles. The van der Waals surface area contributed by atoms with Gasteiger partial charge in [0.1, 0.15) is 6.10 Å². The average Bonchev–Trinajstić information content (AvgIpc) is 2.96. The van der Waals surface area contributed by atoms with Gasteiger partial charge >= 0.3 is 5.97 Å². The standard InChI is InChI=1S/C20H34O6/c1-2-3-4-5-6-7-9-15(21)12-13-18-17(23)14-19(26-18)16(22)10-8-11-20(24)25/h6-7,12-13,15-19,21-23H,2-5,8-11,14H2,1H3,(H,24,25)/b7-6-,13-12+/t15-,16-,17+,18-,19-/m1/s1. The Hall–Kier alpha value is -1.21. The molecule has 0 aliphatic carbocycles. The van der Waals surface area contributed by atoms with Gasteiger partial charge in [-0.3, -0.25) is 4.79 Å². The number of hydrogen-bond donors (Lipinski definition) is 4. The van der Waals surface area contributed by atoms with Gasteiger partial charge in [0.15, 0.2) is 0 Å². The molecular weight excluding hydrogens is 336 g/mol. The highest BCUT2D eigenvalue weighted by Gasteiger charge is 2.36. The van der Waals surface area contributed by atoms with Gasteiger partial charge in [-0.15, -0.1) is 0 Å². The first kappa shape index (κ1) is 22.8. The van der Waals surface area contributed by atoms with Crippen LogP contribution in [-0.4, -0.2) is 56.9 Å². The number of carboxylic acid groups (broad SMARTS) is 1. The SMILES string of the molecule is CCCCC/C=C\C[C@@H](O)/C=C/[C@H]1O[C@@H]([C@H](O)CCCC(=O)O)C[C@@H]1O. The highest BCUT2D eigenvalue weighted by Crippen LogP contribution is 2.26. The Morgan fingerprint density at radius 3 is 2.69 bits per heavy atom. The number of carboxylic acids is 1. The van der Waals surface area contributed by atoms with Crippen LogP contribution in [0.25, 0.3) is 0 Å². The van der Waals surface area contributed by atoms with Crippen molar-refractivity contribution in [3.8, 4) is 0 Å². The van der Waals surface area contributed by atoms with Gasteiger partial charge in [0.2, 0.25) is 0 Å². The molecule has 1 heterocycles. The van der Waals surface area contributed by atoms with Crippen LogP contribution in [0.15, 0.2) is 24.3 Å². The summed E-state index contributed by atoms with van der Waals surface area (Å²) in [4.78, 5) is 10.5. The average molecular weight is 370 g/mol. The first-order valence-corrected chi connectivity index (χ1v) is 9.68. The summed E-state index contributed by atoms with van der Waals surface area (Å²) >= 11 is 0. The Morgan fingerprint density at radius 2 is 2.00 bits per heavy atom. The van der Waals surface area contributed by atoms with Crippen molar-refractivity contribution in [1.29, 1.82) is 0 Å². The summed E-state index contributed by atoms with van der Waals surface area (Å²) in [5.41, 5.74) is 0.